The van der Waals surface area contributed by atoms with Gasteiger partial charge in [0.1, 0.15) is 16.9 Å². The van der Waals surface area contributed by atoms with Crippen LogP contribution in [0.4, 0.5) is 5.69 Å². The normalized spacial score (nSPS) is 18.2. The van der Waals surface area contributed by atoms with Crippen molar-refractivity contribution in [2.24, 2.45) is 0 Å². The van der Waals surface area contributed by atoms with Crippen molar-refractivity contribution >= 4 is 26.7 Å². The number of fused-ring (bicyclic) bond motifs is 1. The second-order valence-corrected chi connectivity index (χ2v) is 7.28. The molecule has 10 heteroatoms. The van der Waals surface area contributed by atoms with Crippen LogP contribution >= 0.6 is 0 Å². The molecule has 0 saturated carbocycles. The Morgan fingerprint density at radius 2 is 2.33 bits per heavy atom. The number of H-pyrrole nitrogens is 1. The molecule has 3 aromatic heterocycles. The van der Waals surface area contributed by atoms with Gasteiger partial charge in [-0.25, -0.2) is 18.4 Å². The summed E-state index contributed by atoms with van der Waals surface area (Å²) in [7, 11) is -3.76. The molecule has 2 N–H and O–H groups in total. The minimum absolute atomic E-state index is 0.102. The van der Waals surface area contributed by atoms with Gasteiger partial charge < -0.3 is 9.72 Å². The summed E-state index contributed by atoms with van der Waals surface area (Å²) in [4.78, 5) is 10.8. The molecule has 0 radical (unpaired) electrons. The highest BCUT2D eigenvalue weighted by molar-refractivity contribution is 7.93. The third kappa shape index (κ3) is 2.85. The van der Waals surface area contributed by atoms with Crippen molar-refractivity contribution in [3.8, 4) is 0 Å². The SMILES string of the molecule is O=S(=O)(Nc1cnn(CC2CCCO2)c1)c1c[nH]c2ncncc12. The largest absolute Gasteiger partial charge is 0.376 e. The van der Waals surface area contributed by atoms with Crippen molar-refractivity contribution in [3.63, 3.8) is 0 Å². The molecular weight excluding hydrogens is 332 g/mol. The van der Waals surface area contributed by atoms with E-state index in [-0.39, 0.29) is 11.0 Å². The Balaban J connectivity index is 1.54. The minimum atomic E-state index is -3.76. The van der Waals surface area contributed by atoms with Crippen LogP contribution in [0.3, 0.4) is 0 Å². The van der Waals surface area contributed by atoms with Crippen molar-refractivity contribution in [2.45, 2.75) is 30.4 Å². The molecule has 0 amide bonds. The van der Waals surface area contributed by atoms with Crippen LogP contribution in [0.15, 0.2) is 36.0 Å². The van der Waals surface area contributed by atoms with Crippen molar-refractivity contribution in [1.82, 2.24) is 24.7 Å². The molecular formula is C14H16N6O3S. The summed E-state index contributed by atoms with van der Waals surface area (Å²) in [6.45, 7) is 1.39. The molecule has 1 fully saturated rings. The van der Waals surface area contributed by atoms with Gasteiger partial charge in [0.25, 0.3) is 10.0 Å². The Kier molecular flexibility index (Phi) is 3.69. The zero-order valence-corrected chi connectivity index (χ0v) is 13.5. The molecule has 9 nitrogen and oxygen atoms in total. The predicted octanol–water partition coefficient (Wildman–Crippen LogP) is 1.13. The minimum Gasteiger partial charge on any atom is -0.376 e. The molecule has 4 rings (SSSR count). The van der Waals surface area contributed by atoms with E-state index in [0.29, 0.717) is 23.3 Å². The van der Waals surface area contributed by atoms with Gasteiger partial charge in [-0.05, 0) is 12.8 Å². The van der Waals surface area contributed by atoms with Crippen LogP contribution in [0.5, 0.6) is 0 Å². The number of sulfonamides is 1. The average Bonchev–Trinajstić information content (AvgIpc) is 3.28. The summed E-state index contributed by atoms with van der Waals surface area (Å²) in [5.74, 6) is 0. The Hall–Kier alpha value is -2.46. The molecule has 1 aliphatic rings. The number of rotatable bonds is 5. The molecule has 126 valence electrons. The highest BCUT2D eigenvalue weighted by Gasteiger charge is 2.21. The Labute approximate surface area is 138 Å². The highest BCUT2D eigenvalue weighted by Crippen LogP contribution is 2.23. The first kappa shape index (κ1) is 15.1. The lowest BCUT2D eigenvalue weighted by molar-refractivity contribution is 0.0940. The summed E-state index contributed by atoms with van der Waals surface area (Å²) < 4.78 is 34.9. The molecule has 1 saturated heterocycles. The van der Waals surface area contributed by atoms with Crippen molar-refractivity contribution in [1.29, 1.82) is 0 Å². The molecule has 3 aromatic rings. The zero-order chi connectivity index (χ0) is 16.6. The lowest BCUT2D eigenvalue weighted by Crippen LogP contribution is -2.15. The summed E-state index contributed by atoms with van der Waals surface area (Å²) >= 11 is 0. The average molecular weight is 348 g/mol. The third-order valence-electron chi connectivity index (χ3n) is 3.91. The number of ether oxygens (including phenoxy) is 1. The second kappa shape index (κ2) is 5.87. The number of hydrogen-bond donors (Lipinski definition) is 2. The molecule has 1 atom stereocenters. The van der Waals surface area contributed by atoms with Gasteiger partial charge in [-0.2, -0.15) is 5.10 Å². The Bertz CT molecular complexity index is 958. The maximum absolute atomic E-state index is 12.6. The van der Waals surface area contributed by atoms with Crippen LogP contribution in [0.1, 0.15) is 12.8 Å². The lowest BCUT2D eigenvalue weighted by Gasteiger charge is -2.08. The van der Waals surface area contributed by atoms with E-state index in [2.05, 4.69) is 24.8 Å². The smallest absolute Gasteiger partial charge is 0.264 e. The van der Waals surface area contributed by atoms with E-state index in [4.69, 9.17) is 4.74 Å². The zero-order valence-electron chi connectivity index (χ0n) is 12.7. The van der Waals surface area contributed by atoms with Gasteiger partial charge in [0.2, 0.25) is 0 Å². The second-order valence-electron chi connectivity index (χ2n) is 5.63. The highest BCUT2D eigenvalue weighted by atomic mass is 32.2. The number of aromatic amines is 1. The van der Waals surface area contributed by atoms with Crippen LogP contribution in [0.25, 0.3) is 11.0 Å². The van der Waals surface area contributed by atoms with Crippen molar-refractivity contribution in [3.05, 3.63) is 31.1 Å². The van der Waals surface area contributed by atoms with Gasteiger partial charge in [0.15, 0.2) is 0 Å². The molecule has 0 aromatic carbocycles. The number of hydrogen-bond acceptors (Lipinski definition) is 6. The molecule has 24 heavy (non-hydrogen) atoms. The van der Waals surface area contributed by atoms with Gasteiger partial charge >= 0.3 is 0 Å². The van der Waals surface area contributed by atoms with E-state index in [1.54, 1.807) is 10.9 Å². The Morgan fingerprint density at radius 1 is 1.42 bits per heavy atom. The van der Waals surface area contributed by atoms with Gasteiger partial charge in [0.05, 0.1) is 29.9 Å². The van der Waals surface area contributed by atoms with E-state index in [0.717, 1.165) is 19.4 Å². The lowest BCUT2D eigenvalue weighted by atomic mass is 10.2. The molecule has 0 aliphatic carbocycles. The van der Waals surface area contributed by atoms with E-state index in [9.17, 15) is 8.42 Å². The maximum Gasteiger partial charge on any atom is 0.264 e. The van der Waals surface area contributed by atoms with Crippen LogP contribution < -0.4 is 4.72 Å². The Morgan fingerprint density at radius 3 is 3.17 bits per heavy atom. The fraction of sp³-hybridized carbons (Fsp3) is 0.357. The first-order chi connectivity index (χ1) is 11.6. The van der Waals surface area contributed by atoms with E-state index < -0.39 is 10.0 Å². The monoisotopic (exact) mass is 348 g/mol. The maximum atomic E-state index is 12.6. The summed E-state index contributed by atoms with van der Waals surface area (Å²) in [6, 6.07) is 0. The van der Waals surface area contributed by atoms with Gasteiger partial charge in [-0.1, -0.05) is 0 Å². The molecule has 0 bridgehead atoms. The fourth-order valence-electron chi connectivity index (χ4n) is 2.78. The first-order valence-electron chi connectivity index (χ1n) is 7.56. The van der Waals surface area contributed by atoms with E-state index >= 15 is 0 Å². The van der Waals surface area contributed by atoms with Crippen LogP contribution in [0, 0.1) is 0 Å². The number of nitrogens with zero attached hydrogens (tertiary/aromatic N) is 4. The van der Waals surface area contributed by atoms with Crippen LogP contribution in [-0.2, 0) is 21.3 Å². The van der Waals surface area contributed by atoms with Crippen LogP contribution in [0.2, 0.25) is 0 Å². The summed E-state index contributed by atoms with van der Waals surface area (Å²) in [5, 5.41) is 4.63. The van der Waals surface area contributed by atoms with Gasteiger partial charge in [-0.15, -0.1) is 0 Å². The van der Waals surface area contributed by atoms with Gasteiger partial charge in [0, 0.05) is 25.2 Å². The molecule has 1 unspecified atom stereocenters. The standard InChI is InChI=1S/C14H16N6O3S/c21-24(22,13-6-16-14-12(13)5-15-9-17-14)19-10-4-18-20(7-10)8-11-2-1-3-23-11/h4-7,9,11,19H,1-3,8H2,(H,15,16,17). The molecule has 1 aliphatic heterocycles. The van der Waals surface area contributed by atoms with E-state index in [1.165, 1.54) is 24.9 Å². The molecule has 4 heterocycles. The summed E-state index contributed by atoms with van der Waals surface area (Å²) in [6.07, 6.45) is 9.55. The topological polar surface area (TPSA) is 115 Å². The number of aromatic nitrogens is 5. The van der Waals surface area contributed by atoms with Crippen molar-refractivity contribution in [2.75, 3.05) is 11.3 Å². The third-order valence-corrected chi connectivity index (χ3v) is 5.33. The van der Waals surface area contributed by atoms with Gasteiger partial charge in [-0.3, -0.25) is 9.40 Å². The van der Waals surface area contributed by atoms with Crippen LogP contribution in [-0.4, -0.2) is 45.9 Å². The predicted molar refractivity (Wildman–Crippen MR) is 85.9 cm³/mol. The van der Waals surface area contributed by atoms with E-state index in [1.807, 2.05) is 0 Å². The number of anilines is 1. The molecule has 0 spiro atoms. The fourth-order valence-corrected chi connectivity index (χ4v) is 3.96. The van der Waals surface area contributed by atoms with Crippen molar-refractivity contribution < 1.29 is 13.2 Å². The number of nitrogens with one attached hydrogen (secondary N) is 2. The summed E-state index contributed by atoms with van der Waals surface area (Å²) in [5.41, 5.74) is 0.874. The quantitative estimate of drug-likeness (QED) is 0.714. The first-order valence-corrected chi connectivity index (χ1v) is 9.04.